The van der Waals surface area contributed by atoms with Crippen molar-refractivity contribution in [2.45, 2.75) is 0 Å². The minimum Gasteiger partial charge on any atom is -0.383 e. The maximum atomic E-state index is 6.08. The van der Waals surface area contributed by atoms with Crippen LogP contribution in [0, 0.1) is 0 Å². The van der Waals surface area contributed by atoms with E-state index in [2.05, 4.69) is 15.1 Å². The smallest absolute Gasteiger partial charge is 0.187 e. The lowest BCUT2D eigenvalue weighted by atomic mass is 10.2. The third-order valence-electron chi connectivity index (χ3n) is 3.46. The highest BCUT2D eigenvalue weighted by Crippen LogP contribution is 2.23. The van der Waals surface area contributed by atoms with Crippen LogP contribution in [0.2, 0.25) is 0 Å². The van der Waals surface area contributed by atoms with Gasteiger partial charge in [0.05, 0.1) is 11.1 Å². The first kappa shape index (κ1) is 12.5. The highest BCUT2D eigenvalue weighted by molar-refractivity contribution is 5.86. The topological polar surface area (TPSA) is 69.6 Å². The van der Waals surface area contributed by atoms with Gasteiger partial charge in [0.25, 0.3) is 0 Å². The van der Waals surface area contributed by atoms with Gasteiger partial charge in [-0.3, -0.25) is 0 Å². The number of nitrogens with two attached hydrogens (primary N) is 1. The Bertz CT molecular complexity index is 929. The molecule has 4 aromatic rings. The molecule has 0 saturated carbocycles. The van der Waals surface area contributed by atoms with Crippen LogP contribution in [-0.2, 0) is 0 Å². The van der Waals surface area contributed by atoms with Crippen molar-refractivity contribution in [3.05, 3.63) is 66.9 Å². The minimum absolute atomic E-state index is 0.436. The van der Waals surface area contributed by atoms with E-state index in [-0.39, 0.29) is 0 Å². The lowest BCUT2D eigenvalue weighted by molar-refractivity contribution is 0.889. The number of fused-ring (bicyclic) bond motifs is 1. The van der Waals surface area contributed by atoms with Crippen molar-refractivity contribution in [3.63, 3.8) is 0 Å². The number of nitrogens with zero attached hydrogens (tertiary/aromatic N) is 4. The molecule has 4 rings (SSSR count). The molecular formula is C17H13N5. The highest BCUT2D eigenvalue weighted by atomic mass is 15.3. The Balaban J connectivity index is 1.88. The molecule has 2 heterocycles. The fraction of sp³-hybridized carbons (Fsp3) is 0. The first-order valence-electron chi connectivity index (χ1n) is 6.95. The summed E-state index contributed by atoms with van der Waals surface area (Å²) in [4.78, 5) is 8.92. The van der Waals surface area contributed by atoms with Crippen LogP contribution in [0.15, 0.2) is 66.9 Å². The maximum Gasteiger partial charge on any atom is 0.187 e. The van der Waals surface area contributed by atoms with Crippen LogP contribution in [0.25, 0.3) is 28.1 Å². The second-order valence-corrected chi connectivity index (χ2v) is 4.94. The molecule has 2 N–H and O–H groups in total. The average Bonchev–Trinajstić information content (AvgIpc) is 3.01. The molecule has 0 spiro atoms. The van der Waals surface area contributed by atoms with Gasteiger partial charge in [-0.2, -0.15) is 0 Å². The Morgan fingerprint density at radius 2 is 1.50 bits per heavy atom. The first-order valence-corrected chi connectivity index (χ1v) is 6.95. The van der Waals surface area contributed by atoms with Gasteiger partial charge in [0, 0.05) is 11.8 Å². The maximum absolute atomic E-state index is 6.08. The molecule has 0 saturated heterocycles. The van der Waals surface area contributed by atoms with Gasteiger partial charge in [-0.05, 0) is 12.1 Å². The van der Waals surface area contributed by atoms with E-state index >= 15 is 0 Å². The van der Waals surface area contributed by atoms with Crippen LogP contribution in [0.5, 0.6) is 0 Å². The number of rotatable bonds is 2. The van der Waals surface area contributed by atoms with Gasteiger partial charge >= 0.3 is 0 Å². The summed E-state index contributed by atoms with van der Waals surface area (Å²) in [6.45, 7) is 0. The molecule has 0 amide bonds. The van der Waals surface area contributed by atoms with Crippen molar-refractivity contribution in [1.82, 2.24) is 19.7 Å². The molecule has 0 unspecified atom stereocenters. The summed E-state index contributed by atoms with van der Waals surface area (Å²) in [6.07, 6.45) is 1.86. The normalized spacial score (nSPS) is 10.9. The molecule has 0 fully saturated rings. The molecule has 5 heteroatoms. The number of nitrogen functional groups attached to an aromatic ring is 1. The van der Waals surface area contributed by atoms with Gasteiger partial charge in [0.1, 0.15) is 5.82 Å². The molecule has 0 aliphatic heterocycles. The van der Waals surface area contributed by atoms with E-state index in [1.54, 1.807) is 4.68 Å². The molecule has 0 bridgehead atoms. The fourth-order valence-electron chi connectivity index (χ4n) is 2.36. The molecule has 2 aromatic carbocycles. The Morgan fingerprint density at radius 1 is 0.818 bits per heavy atom. The van der Waals surface area contributed by atoms with E-state index in [9.17, 15) is 0 Å². The molecule has 0 radical (unpaired) electrons. The quantitative estimate of drug-likeness (QED) is 0.615. The molecule has 0 aliphatic carbocycles. The fourth-order valence-corrected chi connectivity index (χ4v) is 2.36. The largest absolute Gasteiger partial charge is 0.383 e. The SMILES string of the molecule is Nc1nc(-c2ccccc2)nc2nn(-c3ccccc3)cc12. The number of aromatic nitrogens is 4. The average molecular weight is 287 g/mol. The van der Waals surface area contributed by atoms with Crippen molar-refractivity contribution in [2.24, 2.45) is 0 Å². The summed E-state index contributed by atoms with van der Waals surface area (Å²) in [5.41, 5.74) is 8.56. The molecule has 106 valence electrons. The number of anilines is 1. The highest BCUT2D eigenvalue weighted by Gasteiger charge is 2.11. The number of benzene rings is 2. The summed E-state index contributed by atoms with van der Waals surface area (Å²) in [5, 5.41) is 5.27. The molecule has 0 atom stereocenters. The zero-order chi connectivity index (χ0) is 14.9. The lowest BCUT2D eigenvalue weighted by Crippen LogP contribution is -1.96. The zero-order valence-electron chi connectivity index (χ0n) is 11.7. The van der Waals surface area contributed by atoms with Crippen molar-refractivity contribution < 1.29 is 0 Å². The Kier molecular flexibility index (Phi) is 2.83. The van der Waals surface area contributed by atoms with Crippen molar-refractivity contribution in [3.8, 4) is 17.1 Å². The first-order chi connectivity index (χ1) is 10.8. The number of para-hydroxylation sites is 1. The van der Waals surface area contributed by atoms with E-state index < -0.39 is 0 Å². The van der Waals surface area contributed by atoms with Crippen molar-refractivity contribution in [2.75, 3.05) is 5.73 Å². The van der Waals surface area contributed by atoms with Crippen LogP contribution < -0.4 is 5.73 Å². The molecule has 5 nitrogen and oxygen atoms in total. The predicted octanol–water partition coefficient (Wildman–Crippen LogP) is 3.06. The van der Waals surface area contributed by atoms with Crippen molar-refractivity contribution in [1.29, 1.82) is 0 Å². The summed E-state index contributed by atoms with van der Waals surface area (Å²) >= 11 is 0. The Labute approximate surface area is 127 Å². The van der Waals surface area contributed by atoms with E-state index in [1.807, 2.05) is 66.9 Å². The van der Waals surface area contributed by atoms with Gasteiger partial charge in [0.15, 0.2) is 11.5 Å². The summed E-state index contributed by atoms with van der Waals surface area (Å²) < 4.78 is 1.77. The van der Waals surface area contributed by atoms with E-state index in [0.717, 1.165) is 16.6 Å². The van der Waals surface area contributed by atoms with Gasteiger partial charge in [0.2, 0.25) is 0 Å². The van der Waals surface area contributed by atoms with Crippen molar-refractivity contribution >= 4 is 16.9 Å². The molecule has 0 aliphatic rings. The summed E-state index contributed by atoms with van der Waals surface area (Å²) in [7, 11) is 0. The molecular weight excluding hydrogens is 274 g/mol. The zero-order valence-corrected chi connectivity index (χ0v) is 11.7. The van der Waals surface area contributed by atoms with Crippen LogP contribution in [0.1, 0.15) is 0 Å². The predicted molar refractivity (Wildman–Crippen MR) is 86.5 cm³/mol. The van der Waals surface area contributed by atoms with Crippen LogP contribution in [0.3, 0.4) is 0 Å². The van der Waals surface area contributed by atoms with E-state index in [0.29, 0.717) is 17.3 Å². The Morgan fingerprint density at radius 3 is 2.23 bits per heavy atom. The lowest BCUT2D eigenvalue weighted by Gasteiger charge is -2.01. The number of hydrogen-bond acceptors (Lipinski definition) is 4. The number of hydrogen-bond donors (Lipinski definition) is 1. The van der Waals surface area contributed by atoms with Gasteiger partial charge in [-0.25, -0.2) is 14.6 Å². The van der Waals surface area contributed by atoms with E-state index in [1.165, 1.54) is 0 Å². The third-order valence-corrected chi connectivity index (χ3v) is 3.46. The Hall–Kier alpha value is -3.21. The van der Waals surface area contributed by atoms with Crippen LogP contribution >= 0.6 is 0 Å². The standard InChI is InChI=1S/C17H13N5/c18-15-14-11-22(13-9-5-2-6-10-13)21-17(14)20-16(19-15)12-7-3-1-4-8-12/h1-11H,(H2,18,19,20,21). The summed E-state index contributed by atoms with van der Waals surface area (Å²) in [5.74, 6) is 1.02. The van der Waals surface area contributed by atoms with E-state index in [4.69, 9.17) is 5.73 Å². The summed E-state index contributed by atoms with van der Waals surface area (Å²) in [6, 6.07) is 19.6. The van der Waals surface area contributed by atoms with Crippen LogP contribution in [0.4, 0.5) is 5.82 Å². The second-order valence-electron chi connectivity index (χ2n) is 4.94. The molecule has 22 heavy (non-hydrogen) atoms. The molecule has 2 aromatic heterocycles. The minimum atomic E-state index is 0.436. The van der Waals surface area contributed by atoms with Gasteiger partial charge in [-0.15, -0.1) is 5.10 Å². The third kappa shape index (κ3) is 2.09. The monoisotopic (exact) mass is 287 g/mol. The van der Waals surface area contributed by atoms with Gasteiger partial charge in [-0.1, -0.05) is 48.5 Å². The van der Waals surface area contributed by atoms with Crippen LogP contribution in [-0.4, -0.2) is 19.7 Å². The second kappa shape index (κ2) is 4.96. The van der Waals surface area contributed by atoms with Gasteiger partial charge < -0.3 is 5.73 Å².